The SMILES string of the molecule is CN(C)C(=O)c1cccc(Oc2cc(C(=O)N(C)C)cc(Oc3cccc(C#N)c3)n2)c1. The van der Waals surface area contributed by atoms with Crippen molar-refractivity contribution in [2.45, 2.75) is 0 Å². The van der Waals surface area contributed by atoms with Crippen molar-refractivity contribution >= 4 is 11.8 Å². The highest BCUT2D eigenvalue weighted by Crippen LogP contribution is 2.28. The Labute approximate surface area is 186 Å². The molecule has 0 N–H and O–H groups in total. The highest BCUT2D eigenvalue weighted by Gasteiger charge is 2.15. The van der Waals surface area contributed by atoms with E-state index in [9.17, 15) is 9.59 Å². The summed E-state index contributed by atoms with van der Waals surface area (Å²) in [5.74, 6) is 0.611. The van der Waals surface area contributed by atoms with Gasteiger partial charge >= 0.3 is 0 Å². The fraction of sp³-hybridized carbons (Fsp3) is 0.167. The standard InChI is InChI=1S/C24H22N4O4/c1-27(2)23(29)17-8-6-10-20(12-17)32-22-14-18(24(30)28(3)4)13-21(26-22)31-19-9-5-7-16(11-19)15-25/h5-14H,1-4H3. The summed E-state index contributed by atoms with van der Waals surface area (Å²) in [7, 11) is 6.60. The number of ether oxygens (including phenoxy) is 2. The van der Waals surface area contributed by atoms with Gasteiger partial charge in [-0.15, -0.1) is 0 Å². The summed E-state index contributed by atoms with van der Waals surface area (Å²) in [6.07, 6.45) is 0. The number of nitriles is 1. The number of carbonyl (C=O) groups is 2. The van der Waals surface area contributed by atoms with Crippen LogP contribution in [0.25, 0.3) is 0 Å². The molecule has 0 aliphatic carbocycles. The number of carbonyl (C=O) groups excluding carboxylic acids is 2. The predicted molar refractivity (Wildman–Crippen MR) is 118 cm³/mol. The molecule has 0 bridgehead atoms. The number of pyridine rings is 1. The summed E-state index contributed by atoms with van der Waals surface area (Å²) in [4.78, 5) is 32.0. The Bertz CT molecular complexity index is 1200. The predicted octanol–water partition coefficient (Wildman–Crippen LogP) is 3.94. The topological polar surface area (TPSA) is 95.8 Å². The van der Waals surface area contributed by atoms with E-state index in [1.54, 1.807) is 76.7 Å². The minimum absolute atomic E-state index is 0.124. The van der Waals surface area contributed by atoms with Gasteiger partial charge < -0.3 is 19.3 Å². The molecule has 0 saturated heterocycles. The largest absolute Gasteiger partial charge is 0.439 e. The lowest BCUT2D eigenvalue weighted by Crippen LogP contribution is -2.22. The van der Waals surface area contributed by atoms with Gasteiger partial charge in [-0.25, -0.2) is 0 Å². The number of nitrogens with zero attached hydrogens (tertiary/aromatic N) is 4. The van der Waals surface area contributed by atoms with Crippen LogP contribution < -0.4 is 9.47 Å². The number of hydrogen-bond acceptors (Lipinski definition) is 6. The first kappa shape index (κ1) is 22.3. The molecule has 0 atom stereocenters. The summed E-state index contributed by atoms with van der Waals surface area (Å²) in [5, 5.41) is 9.09. The smallest absolute Gasteiger partial charge is 0.253 e. The fourth-order valence-electron chi connectivity index (χ4n) is 2.79. The average Bonchev–Trinajstić information content (AvgIpc) is 2.78. The summed E-state index contributed by atoms with van der Waals surface area (Å²) >= 11 is 0. The molecule has 0 aliphatic rings. The first-order chi connectivity index (χ1) is 15.3. The van der Waals surface area contributed by atoms with Gasteiger partial charge in [-0.05, 0) is 36.4 Å². The number of aromatic nitrogens is 1. The van der Waals surface area contributed by atoms with Crippen LogP contribution in [0.15, 0.2) is 60.7 Å². The van der Waals surface area contributed by atoms with Crippen LogP contribution in [-0.2, 0) is 0 Å². The van der Waals surface area contributed by atoms with Gasteiger partial charge in [0.15, 0.2) is 0 Å². The zero-order valence-corrected chi connectivity index (χ0v) is 18.2. The van der Waals surface area contributed by atoms with E-state index < -0.39 is 0 Å². The molecule has 8 nitrogen and oxygen atoms in total. The van der Waals surface area contributed by atoms with Gasteiger partial charge in [-0.3, -0.25) is 9.59 Å². The second-order valence-electron chi connectivity index (χ2n) is 7.30. The van der Waals surface area contributed by atoms with Crippen molar-refractivity contribution in [3.05, 3.63) is 77.4 Å². The number of benzene rings is 2. The molecule has 0 saturated carbocycles. The van der Waals surface area contributed by atoms with Crippen LogP contribution in [0.5, 0.6) is 23.3 Å². The highest BCUT2D eigenvalue weighted by atomic mass is 16.5. The molecule has 0 unspecified atom stereocenters. The van der Waals surface area contributed by atoms with E-state index >= 15 is 0 Å². The van der Waals surface area contributed by atoms with E-state index in [2.05, 4.69) is 4.98 Å². The van der Waals surface area contributed by atoms with Gasteiger partial charge in [-0.2, -0.15) is 10.2 Å². The van der Waals surface area contributed by atoms with Crippen molar-refractivity contribution in [1.82, 2.24) is 14.8 Å². The Morgan fingerprint density at radius 1 is 0.781 bits per heavy atom. The molecule has 3 aromatic rings. The van der Waals surface area contributed by atoms with Crippen LogP contribution in [-0.4, -0.2) is 54.8 Å². The maximum Gasteiger partial charge on any atom is 0.253 e. The molecule has 0 aliphatic heterocycles. The Hall–Kier alpha value is -4.38. The van der Waals surface area contributed by atoms with Crippen molar-refractivity contribution < 1.29 is 19.1 Å². The zero-order chi connectivity index (χ0) is 23.3. The van der Waals surface area contributed by atoms with Gasteiger partial charge in [0, 0.05) is 45.9 Å². The van der Waals surface area contributed by atoms with Crippen molar-refractivity contribution in [2.75, 3.05) is 28.2 Å². The third kappa shape index (κ3) is 5.40. The fourth-order valence-corrected chi connectivity index (χ4v) is 2.79. The maximum atomic E-state index is 12.6. The van der Waals surface area contributed by atoms with Crippen LogP contribution in [0.4, 0.5) is 0 Å². The van der Waals surface area contributed by atoms with Crippen molar-refractivity contribution in [3.63, 3.8) is 0 Å². The summed E-state index contributed by atoms with van der Waals surface area (Å²) < 4.78 is 11.6. The molecule has 162 valence electrons. The maximum absolute atomic E-state index is 12.6. The molecule has 8 heteroatoms. The van der Waals surface area contributed by atoms with Crippen LogP contribution in [0.2, 0.25) is 0 Å². The lowest BCUT2D eigenvalue weighted by Gasteiger charge is -2.14. The third-order valence-corrected chi connectivity index (χ3v) is 4.33. The molecule has 32 heavy (non-hydrogen) atoms. The molecule has 3 rings (SSSR count). The van der Waals surface area contributed by atoms with Crippen molar-refractivity contribution in [1.29, 1.82) is 5.26 Å². The van der Waals surface area contributed by atoms with Crippen LogP contribution in [0, 0.1) is 11.3 Å². The third-order valence-electron chi connectivity index (χ3n) is 4.33. The minimum Gasteiger partial charge on any atom is -0.439 e. The second kappa shape index (κ2) is 9.62. The summed E-state index contributed by atoms with van der Waals surface area (Å²) in [6.45, 7) is 0. The lowest BCUT2D eigenvalue weighted by atomic mass is 10.2. The lowest BCUT2D eigenvalue weighted by molar-refractivity contribution is 0.0820. The molecule has 2 amide bonds. The zero-order valence-electron chi connectivity index (χ0n) is 18.2. The van der Waals surface area contributed by atoms with E-state index in [1.807, 2.05) is 6.07 Å². The minimum atomic E-state index is -0.260. The summed E-state index contributed by atoms with van der Waals surface area (Å²) in [6, 6.07) is 18.3. The van der Waals surface area contributed by atoms with Crippen LogP contribution in [0.3, 0.4) is 0 Å². The molecular weight excluding hydrogens is 408 g/mol. The second-order valence-corrected chi connectivity index (χ2v) is 7.30. The number of amides is 2. The number of hydrogen-bond donors (Lipinski definition) is 0. The molecule has 1 heterocycles. The van der Waals surface area contributed by atoms with Gasteiger partial charge in [0.2, 0.25) is 11.8 Å². The van der Waals surface area contributed by atoms with E-state index in [4.69, 9.17) is 14.7 Å². The quantitative estimate of drug-likeness (QED) is 0.588. The molecule has 0 radical (unpaired) electrons. The van der Waals surface area contributed by atoms with Crippen LogP contribution >= 0.6 is 0 Å². The van der Waals surface area contributed by atoms with Gasteiger partial charge in [0.05, 0.1) is 17.2 Å². The van der Waals surface area contributed by atoms with E-state index in [1.165, 1.54) is 21.9 Å². The van der Waals surface area contributed by atoms with E-state index in [-0.39, 0.29) is 23.6 Å². The first-order valence-corrected chi connectivity index (χ1v) is 9.68. The molecule has 0 spiro atoms. The molecular formula is C24H22N4O4. The molecule has 0 fully saturated rings. The Balaban J connectivity index is 1.96. The van der Waals surface area contributed by atoms with E-state index in [0.717, 1.165) is 0 Å². The van der Waals surface area contributed by atoms with Gasteiger partial charge in [0.25, 0.3) is 11.8 Å². The first-order valence-electron chi connectivity index (χ1n) is 9.68. The Morgan fingerprint density at radius 3 is 1.88 bits per heavy atom. The van der Waals surface area contributed by atoms with E-state index in [0.29, 0.717) is 28.2 Å². The van der Waals surface area contributed by atoms with Gasteiger partial charge in [-0.1, -0.05) is 12.1 Å². The molecule has 1 aromatic heterocycles. The average molecular weight is 430 g/mol. The Morgan fingerprint density at radius 2 is 1.31 bits per heavy atom. The van der Waals surface area contributed by atoms with Crippen LogP contribution in [0.1, 0.15) is 26.3 Å². The normalized spacial score (nSPS) is 10.1. The highest BCUT2D eigenvalue weighted by molar-refractivity contribution is 5.95. The van der Waals surface area contributed by atoms with Crippen molar-refractivity contribution in [2.24, 2.45) is 0 Å². The van der Waals surface area contributed by atoms with Gasteiger partial charge in [0.1, 0.15) is 11.5 Å². The molecule has 2 aromatic carbocycles. The monoisotopic (exact) mass is 430 g/mol. The Kier molecular flexibility index (Phi) is 6.71. The van der Waals surface area contributed by atoms with Crippen molar-refractivity contribution in [3.8, 4) is 29.3 Å². The number of rotatable bonds is 6. The summed E-state index contributed by atoms with van der Waals surface area (Å²) in [5.41, 5.74) is 1.20.